The van der Waals surface area contributed by atoms with Crippen LogP contribution in [-0.4, -0.2) is 46.3 Å². The maximum atomic E-state index is 12.4. The van der Waals surface area contributed by atoms with Crippen molar-refractivity contribution in [2.75, 3.05) is 31.2 Å². The molecule has 30 heavy (non-hydrogen) atoms. The van der Waals surface area contributed by atoms with Crippen molar-refractivity contribution in [1.29, 1.82) is 0 Å². The molecule has 3 N–H and O–H groups in total. The molecule has 3 aromatic rings. The molecule has 3 rings (SSSR count). The number of rotatable bonds is 9. The summed E-state index contributed by atoms with van der Waals surface area (Å²) >= 11 is 1.19. The average Bonchev–Trinajstić information content (AvgIpc) is 3.15. The number of anilines is 1. The SMILES string of the molecule is COc1ccc(C(=O)CSc2nnc(N/N=C(\C)c3cccc(OC)c3)n2N)cc1. The summed E-state index contributed by atoms with van der Waals surface area (Å²) in [5.41, 5.74) is 5.00. The van der Waals surface area contributed by atoms with Gasteiger partial charge in [0.2, 0.25) is 5.16 Å². The van der Waals surface area contributed by atoms with Gasteiger partial charge in [0.25, 0.3) is 5.95 Å². The van der Waals surface area contributed by atoms with Crippen LogP contribution in [-0.2, 0) is 0 Å². The third-order valence-electron chi connectivity index (χ3n) is 4.22. The lowest BCUT2D eigenvalue weighted by atomic mass is 10.1. The van der Waals surface area contributed by atoms with E-state index in [1.807, 2.05) is 31.2 Å². The monoisotopic (exact) mass is 426 g/mol. The van der Waals surface area contributed by atoms with Crippen molar-refractivity contribution in [2.45, 2.75) is 12.1 Å². The molecule has 0 fully saturated rings. The molecule has 156 valence electrons. The number of carbonyl (C=O) groups is 1. The Labute approximate surface area is 178 Å². The number of thioether (sulfide) groups is 1. The Morgan fingerprint density at radius 2 is 1.83 bits per heavy atom. The van der Waals surface area contributed by atoms with Crippen molar-refractivity contribution in [3.63, 3.8) is 0 Å². The lowest BCUT2D eigenvalue weighted by Crippen LogP contribution is -2.14. The van der Waals surface area contributed by atoms with Gasteiger partial charge in [-0.25, -0.2) is 10.1 Å². The highest BCUT2D eigenvalue weighted by Gasteiger charge is 2.13. The molecule has 0 spiro atoms. The molecule has 0 bridgehead atoms. The van der Waals surface area contributed by atoms with Crippen LogP contribution in [0.3, 0.4) is 0 Å². The first-order valence-corrected chi connectivity index (χ1v) is 9.95. The average molecular weight is 427 g/mol. The topological polar surface area (TPSA) is 117 Å². The lowest BCUT2D eigenvalue weighted by molar-refractivity contribution is 0.102. The minimum absolute atomic E-state index is 0.0490. The lowest BCUT2D eigenvalue weighted by Gasteiger charge is -2.06. The van der Waals surface area contributed by atoms with Crippen molar-refractivity contribution in [1.82, 2.24) is 14.9 Å². The summed E-state index contributed by atoms with van der Waals surface area (Å²) in [6.45, 7) is 1.85. The zero-order valence-electron chi connectivity index (χ0n) is 16.8. The van der Waals surface area contributed by atoms with Gasteiger partial charge in [-0.1, -0.05) is 23.9 Å². The second-order valence-corrected chi connectivity index (χ2v) is 7.10. The van der Waals surface area contributed by atoms with E-state index in [4.69, 9.17) is 15.3 Å². The number of benzene rings is 2. The van der Waals surface area contributed by atoms with Crippen LogP contribution < -0.4 is 20.7 Å². The fraction of sp³-hybridized carbons (Fsp3) is 0.200. The fourth-order valence-electron chi connectivity index (χ4n) is 2.49. The maximum absolute atomic E-state index is 12.4. The number of hydrazone groups is 1. The second-order valence-electron chi connectivity index (χ2n) is 6.16. The van der Waals surface area contributed by atoms with Crippen LogP contribution in [0, 0.1) is 0 Å². The number of ether oxygens (including phenoxy) is 2. The minimum Gasteiger partial charge on any atom is -0.497 e. The highest BCUT2D eigenvalue weighted by atomic mass is 32.2. The number of methoxy groups -OCH3 is 2. The predicted octanol–water partition coefficient (Wildman–Crippen LogP) is 2.82. The number of hydrogen-bond donors (Lipinski definition) is 2. The van der Waals surface area contributed by atoms with Crippen LogP contribution in [0.2, 0.25) is 0 Å². The number of carbonyl (C=O) groups excluding carboxylic acids is 1. The zero-order chi connectivity index (χ0) is 21.5. The van der Waals surface area contributed by atoms with Crippen LogP contribution in [0.25, 0.3) is 0 Å². The number of nitrogens with one attached hydrogen (secondary N) is 1. The van der Waals surface area contributed by atoms with Gasteiger partial charge in [-0.2, -0.15) is 5.10 Å². The fourth-order valence-corrected chi connectivity index (χ4v) is 3.24. The second kappa shape index (κ2) is 9.79. The van der Waals surface area contributed by atoms with Gasteiger partial charge in [0.05, 0.1) is 25.7 Å². The van der Waals surface area contributed by atoms with E-state index < -0.39 is 0 Å². The number of nitrogens with two attached hydrogens (primary N) is 1. The number of Topliss-reactive ketones (excluding diaryl/α,β-unsaturated/α-hetero) is 1. The number of nitrogen functional groups attached to an aromatic ring is 1. The van der Waals surface area contributed by atoms with E-state index in [-0.39, 0.29) is 17.5 Å². The molecule has 1 aromatic heterocycles. The first kappa shape index (κ1) is 21.2. The molecule has 10 heteroatoms. The summed E-state index contributed by atoms with van der Waals surface area (Å²) in [5.74, 6) is 7.85. The van der Waals surface area contributed by atoms with Crippen molar-refractivity contribution in [2.24, 2.45) is 5.10 Å². The van der Waals surface area contributed by atoms with E-state index >= 15 is 0 Å². The highest BCUT2D eigenvalue weighted by Crippen LogP contribution is 2.20. The molecule has 0 radical (unpaired) electrons. The molecule has 0 saturated heterocycles. The van der Waals surface area contributed by atoms with Gasteiger partial charge in [0, 0.05) is 11.1 Å². The number of ketones is 1. The van der Waals surface area contributed by atoms with Gasteiger partial charge in [-0.3, -0.25) is 4.79 Å². The van der Waals surface area contributed by atoms with Gasteiger partial charge >= 0.3 is 0 Å². The molecule has 0 amide bonds. The summed E-state index contributed by atoms with van der Waals surface area (Å²) in [6, 6.07) is 14.5. The van der Waals surface area contributed by atoms with Gasteiger partial charge in [-0.15, -0.1) is 10.2 Å². The van der Waals surface area contributed by atoms with Crippen molar-refractivity contribution >= 4 is 29.2 Å². The quantitative estimate of drug-likeness (QED) is 0.176. The molecule has 0 aliphatic rings. The van der Waals surface area contributed by atoms with Crippen LogP contribution in [0.1, 0.15) is 22.8 Å². The smallest absolute Gasteiger partial charge is 0.264 e. The Balaban J connectivity index is 1.61. The molecular weight excluding hydrogens is 404 g/mol. The summed E-state index contributed by atoms with van der Waals surface area (Å²) in [4.78, 5) is 12.4. The Bertz CT molecular complexity index is 1050. The third kappa shape index (κ3) is 5.09. The molecule has 0 atom stereocenters. The number of nitrogens with zero attached hydrogens (tertiary/aromatic N) is 4. The van der Waals surface area contributed by atoms with E-state index in [1.54, 1.807) is 38.5 Å². The Kier molecular flexibility index (Phi) is 6.91. The van der Waals surface area contributed by atoms with Gasteiger partial charge in [0.15, 0.2) is 5.78 Å². The molecule has 0 saturated carbocycles. The number of aromatic nitrogens is 3. The van der Waals surface area contributed by atoms with Gasteiger partial charge < -0.3 is 15.3 Å². The summed E-state index contributed by atoms with van der Waals surface area (Å²) in [7, 11) is 3.19. The minimum atomic E-state index is -0.0490. The molecular formula is C20H22N6O3S. The molecule has 9 nitrogen and oxygen atoms in total. The Hall–Kier alpha value is -3.53. The predicted molar refractivity (Wildman–Crippen MR) is 117 cm³/mol. The Morgan fingerprint density at radius 3 is 2.53 bits per heavy atom. The maximum Gasteiger partial charge on any atom is 0.264 e. The van der Waals surface area contributed by atoms with E-state index in [9.17, 15) is 4.79 Å². The van der Waals surface area contributed by atoms with E-state index in [0.717, 1.165) is 17.0 Å². The Morgan fingerprint density at radius 1 is 1.10 bits per heavy atom. The normalized spacial score (nSPS) is 11.2. The van der Waals surface area contributed by atoms with E-state index in [0.29, 0.717) is 16.5 Å². The van der Waals surface area contributed by atoms with Crippen molar-refractivity contribution < 1.29 is 14.3 Å². The summed E-state index contributed by atoms with van der Waals surface area (Å²) in [6.07, 6.45) is 0. The zero-order valence-corrected chi connectivity index (χ0v) is 17.6. The molecule has 2 aromatic carbocycles. The van der Waals surface area contributed by atoms with Crippen molar-refractivity contribution in [3.05, 3.63) is 59.7 Å². The first-order chi connectivity index (χ1) is 14.5. The summed E-state index contributed by atoms with van der Waals surface area (Å²) < 4.78 is 11.6. The highest BCUT2D eigenvalue weighted by molar-refractivity contribution is 7.99. The van der Waals surface area contributed by atoms with Crippen LogP contribution in [0.5, 0.6) is 11.5 Å². The summed E-state index contributed by atoms with van der Waals surface area (Å²) in [5, 5.41) is 12.7. The first-order valence-electron chi connectivity index (χ1n) is 8.97. The van der Waals surface area contributed by atoms with Crippen molar-refractivity contribution in [3.8, 4) is 11.5 Å². The third-order valence-corrected chi connectivity index (χ3v) is 5.16. The van der Waals surface area contributed by atoms with E-state index in [2.05, 4.69) is 20.7 Å². The molecule has 0 unspecified atom stereocenters. The largest absolute Gasteiger partial charge is 0.497 e. The standard InChI is InChI=1S/C20H22N6O3S/c1-13(15-5-4-6-17(11-15)29-3)22-23-19-24-25-20(26(19)21)30-12-18(27)14-7-9-16(28-2)10-8-14/h4-11H,12,21H2,1-3H3,(H,23,24)/b22-13+. The molecule has 1 heterocycles. The van der Waals surface area contributed by atoms with Crippen LogP contribution in [0.15, 0.2) is 58.8 Å². The van der Waals surface area contributed by atoms with Crippen LogP contribution >= 0.6 is 11.8 Å². The van der Waals surface area contributed by atoms with Gasteiger partial charge in [-0.05, 0) is 43.3 Å². The van der Waals surface area contributed by atoms with E-state index in [1.165, 1.54) is 16.4 Å². The number of hydrogen-bond acceptors (Lipinski definition) is 9. The van der Waals surface area contributed by atoms with Crippen LogP contribution in [0.4, 0.5) is 5.95 Å². The molecule has 0 aliphatic carbocycles. The molecule has 0 aliphatic heterocycles. The van der Waals surface area contributed by atoms with Gasteiger partial charge in [0.1, 0.15) is 11.5 Å².